The predicted octanol–water partition coefficient (Wildman–Crippen LogP) is 3.64. The average molecular weight is 516 g/mol. The third kappa shape index (κ3) is 4.47. The Morgan fingerprint density at radius 1 is 1.25 bits per heavy atom. The number of aliphatic hydroxyl groups is 1. The summed E-state index contributed by atoms with van der Waals surface area (Å²) in [6, 6.07) is 4.29. The molecule has 0 spiro atoms. The molecule has 4 atom stereocenters. The van der Waals surface area contributed by atoms with Crippen LogP contribution in [0.1, 0.15) is 38.2 Å². The number of aliphatic hydroxyl groups excluding tert-OH is 1. The molecule has 7 nitrogen and oxygen atoms in total. The second-order valence-electron chi connectivity index (χ2n) is 9.46. The Bertz CT molecular complexity index is 1230. The predicted molar refractivity (Wildman–Crippen MR) is 118 cm³/mol. The van der Waals surface area contributed by atoms with Crippen LogP contribution < -0.4 is 15.6 Å². The number of ether oxygens (including phenoxy) is 2. The maximum atomic E-state index is 14.9. The molecule has 1 aliphatic heterocycles. The van der Waals surface area contributed by atoms with Crippen LogP contribution >= 0.6 is 0 Å². The van der Waals surface area contributed by atoms with Crippen LogP contribution in [0, 0.1) is 17.6 Å². The van der Waals surface area contributed by atoms with Crippen molar-refractivity contribution in [2.45, 2.75) is 62.7 Å². The molecular weight excluding hydrogens is 491 g/mol. The summed E-state index contributed by atoms with van der Waals surface area (Å²) in [6.45, 7) is 2.00. The van der Waals surface area contributed by atoms with Crippen molar-refractivity contribution in [3.8, 4) is 5.75 Å². The van der Waals surface area contributed by atoms with Gasteiger partial charge in [0.05, 0.1) is 6.10 Å². The summed E-state index contributed by atoms with van der Waals surface area (Å²) in [4.78, 5) is 25.1. The van der Waals surface area contributed by atoms with E-state index in [2.05, 4.69) is 5.32 Å². The van der Waals surface area contributed by atoms with Crippen molar-refractivity contribution in [2.75, 3.05) is 5.32 Å². The number of hydrogen-bond donors (Lipinski definition) is 2. The molecule has 2 heterocycles. The lowest BCUT2D eigenvalue weighted by Crippen LogP contribution is -2.47. The van der Waals surface area contributed by atoms with Gasteiger partial charge >= 0.3 is 6.18 Å². The first-order valence-electron chi connectivity index (χ1n) is 11.3. The Labute approximate surface area is 202 Å². The Morgan fingerprint density at radius 3 is 2.50 bits per heavy atom. The quantitative estimate of drug-likeness (QED) is 0.593. The number of aryl methyl sites for hydroxylation is 1. The highest BCUT2D eigenvalue weighted by Crippen LogP contribution is 2.55. The summed E-state index contributed by atoms with van der Waals surface area (Å²) in [5.41, 5.74) is -3.41. The SMILES string of the molecule is C[C@H]1[C@@H](c2ccc(F)c(F)c2OC2CC(O)C2)[C@H](C(=O)Nc2ccn(C)c(=O)c2)O[C@@]1(C)C(F)(F)F. The van der Waals surface area contributed by atoms with Gasteiger partial charge in [-0.05, 0) is 19.1 Å². The highest BCUT2D eigenvalue weighted by atomic mass is 19.4. The van der Waals surface area contributed by atoms with Gasteiger partial charge in [-0.1, -0.05) is 13.0 Å². The first-order chi connectivity index (χ1) is 16.7. The number of anilines is 1. The van der Waals surface area contributed by atoms with Crippen LogP contribution in [0.15, 0.2) is 35.3 Å². The van der Waals surface area contributed by atoms with E-state index in [1.807, 2.05) is 0 Å². The summed E-state index contributed by atoms with van der Waals surface area (Å²) in [7, 11) is 1.48. The number of hydrogen-bond acceptors (Lipinski definition) is 5. The van der Waals surface area contributed by atoms with Gasteiger partial charge in [-0.3, -0.25) is 9.59 Å². The summed E-state index contributed by atoms with van der Waals surface area (Å²) in [6.07, 6.45) is -6.40. The average Bonchev–Trinajstić information content (AvgIpc) is 3.05. The number of halogens is 5. The van der Waals surface area contributed by atoms with E-state index in [4.69, 9.17) is 9.47 Å². The summed E-state index contributed by atoms with van der Waals surface area (Å²) in [5.74, 6) is -7.12. The topological polar surface area (TPSA) is 89.8 Å². The van der Waals surface area contributed by atoms with E-state index >= 15 is 0 Å². The minimum absolute atomic E-state index is 0.0314. The molecule has 1 aromatic heterocycles. The van der Waals surface area contributed by atoms with Crippen LogP contribution in [-0.2, 0) is 16.6 Å². The second kappa shape index (κ2) is 9.15. The number of carbonyl (C=O) groups is 1. The molecule has 1 saturated heterocycles. The number of carbonyl (C=O) groups excluding carboxylic acids is 1. The lowest BCUT2D eigenvalue weighted by molar-refractivity contribution is -0.272. The molecule has 0 bridgehead atoms. The van der Waals surface area contributed by atoms with Crippen molar-refractivity contribution < 1.29 is 41.3 Å². The Kier molecular flexibility index (Phi) is 6.63. The van der Waals surface area contributed by atoms with Crippen molar-refractivity contribution in [2.24, 2.45) is 13.0 Å². The number of aromatic nitrogens is 1. The largest absolute Gasteiger partial charge is 0.487 e. The molecule has 0 radical (unpaired) electrons. The number of amides is 1. The number of pyridine rings is 1. The number of alkyl halides is 3. The van der Waals surface area contributed by atoms with E-state index in [-0.39, 0.29) is 24.1 Å². The lowest BCUT2D eigenvalue weighted by atomic mass is 9.76. The van der Waals surface area contributed by atoms with Gasteiger partial charge in [0, 0.05) is 55.2 Å². The smallest absolute Gasteiger partial charge is 0.417 e. The molecule has 2 aromatic rings. The van der Waals surface area contributed by atoms with Crippen LogP contribution in [0.3, 0.4) is 0 Å². The highest BCUT2D eigenvalue weighted by Gasteiger charge is 2.66. The zero-order valence-corrected chi connectivity index (χ0v) is 19.6. The molecule has 1 aliphatic carbocycles. The lowest BCUT2D eigenvalue weighted by Gasteiger charge is -2.34. The van der Waals surface area contributed by atoms with E-state index in [9.17, 15) is 36.6 Å². The van der Waals surface area contributed by atoms with Crippen molar-refractivity contribution >= 4 is 11.6 Å². The standard InChI is InChI=1S/C24H25F5N2O5/c1-11-18(15-4-5-16(25)19(26)20(15)35-14-9-13(32)10-14)21(36-23(11,2)24(27,28)29)22(34)30-12-6-7-31(3)17(33)8-12/h4-8,11,13-14,18,21,32H,9-10H2,1-3H3,(H,30,34)/t11-,13?,14?,18-,21+,23+/m0/s1. The van der Waals surface area contributed by atoms with Gasteiger partial charge in [0.1, 0.15) is 12.2 Å². The number of rotatable bonds is 5. The molecular formula is C24H25F5N2O5. The molecule has 2 fully saturated rings. The first kappa shape index (κ1) is 26.1. The molecule has 0 unspecified atom stereocenters. The van der Waals surface area contributed by atoms with Gasteiger partial charge in [-0.2, -0.15) is 17.6 Å². The zero-order chi connectivity index (χ0) is 26.6. The fourth-order valence-electron chi connectivity index (χ4n) is 4.59. The second-order valence-corrected chi connectivity index (χ2v) is 9.46. The van der Waals surface area contributed by atoms with Gasteiger partial charge in [0.15, 0.2) is 17.2 Å². The van der Waals surface area contributed by atoms with Crippen molar-refractivity contribution in [3.05, 3.63) is 58.0 Å². The molecule has 1 aromatic carbocycles. The van der Waals surface area contributed by atoms with Gasteiger partial charge in [-0.25, -0.2) is 4.39 Å². The van der Waals surface area contributed by atoms with Gasteiger partial charge in [-0.15, -0.1) is 0 Å². The maximum Gasteiger partial charge on any atom is 0.417 e. The summed E-state index contributed by atoms with van der Waals surface area (Å²) in [5, 5.41) is 11.9. The van der Waals surface area contributed by atoms with Crippen LogP contribution in [0.2, 0.25) is 0 Å². The summed E-state index contributed by atoms with van der Waals surface area (Å²) < 4.78 is 83.5. The number of nitrogens with one attached hydrogen (secondary N) is 1. The van der Waals surface area contributed by atoms with Crippen molar-refractivity contribution in [3.63, 3.8) is 0 Å². The molecule has 36 heavy (non-hydrogen) atoms. The third-order valence-corrected chi connectivity index (χ3v) is 7.09. The molecule has 2 N–H and O–H groups in total. The van der Waals surface area contributed by atoms with E-state index in [0.717, 1.165) is 25.1 Å². The first-order valence-corrected chi connectivity index (χ1v) is 11.3. The van der Waals surface area contributed by atoms with Crippen LogP contribution in [0.4, 0.5) is 27.6 Å². The van der Waals surface area contributed by atoms with Crippen LogP contribution in [-0.4, -0.2) is 45.7 Å². The molecule has 196 valence electrons. The van der Waals surface area contributed by atoms with Crippen molar-refractivity contribution in [1.82, 2.24) is 4.57 Å². The minimum atomic E-state index is -4.90. The molecule has 2 aliphatic rings. The zero-order valence-electron chi connectivity index (χ0n) is 19.6. The molecule has 1 saturated carbocycles. The third-order valence-electron chi connectivity index (χ3n) is 7.09. The Morgan fingerprint density at radius 2 is 1.92 bits per heavy atom. The van der Waals surface area contributed by atoms with E-state index < -0.39 is 70.8 Å². The maximum absolute atomic E-state index is 14.9. The normalized spacial score (nSPS) is 30.1. The van der Waals surface area contributed by atoms with E-state index in [1.165, 1.54) is 30.8 Å². The fraction of sp³-hybridized carbons (Fsp3) is 0.500. The summed E-state index contributed by atoms with van der Waals surface area (Å²) >= 11 is 0. The van der Waals surface area contributed by atoms with Gasteiger partial charge in [0.2, 0.25) is 5.82 Å². The van der Waals surface area contributed by atoms with Gasteiger partial charge in [0.25, 0.3) is 11.5 Å². The van der Waals surface area contributed by atoms with Crippen LogP contribution in [0.5, 0.6) is 5.75 Å². The van der Waals surface area contributed by atoms with Crippen molar-refractivity contribution in [1.29, 1.82) is 0 Å². The fourth-order valence-corrected chi connectivity index (χ4v) is 4.59. The van der Waals surface area contributed by atoms with E-state index in [0.29, 0.717) is 0 Å². The highest BCUT2D eigenvalue weighted by molar-refractivity contribution is 5.95. The molecule has 4 rings (SSSR count). The monoisotopic (exact) mass is 516 g/mol. The Balaban J connectivity index is 1.76. The number of nitrogens with zero attached hydrogens (tertiary/aromatic N) is 1. The van der Waals surface area contributed by atoms with Crippen LogP contribution in [0.25, 0.3) is 0 Å². The molecule has 1 amide bonds. The minimum Gasteiger partial charge on any atom is -0.487 e. The van der Waals surface area contributed by atoms with Gasteiger partial charge < -0.3 is 24.5 Å². The molecule has 12 heteroatoms. The van der Waals surface area contributed by atoms with E-state index in [1.54, 1.807) is 0 Å². The Hall–Kier alpha value is -2.99. The number of benzene rings is 1.